The highest BCUT2D eigenvalue weighted by molar-refractivity contribution is 6.34. The zero-order valence-corrected chi connectivity index (χ0v) is 20.6. The summed E-state index contributed by atoms with van der Waals surface area (Å²) in [4.78, 5) is 2.37. The molecule has 2 aliphatic heterocycles. The lowest BCUT2D eigenvalue weighted by Gasteiger charge is -2.61. The van der Waals surface area contributed by atoms with Crippen molar-refractivity contribution in [2.45, 2.75) is 50.8 Å². The standard InChI is InChI=1S/C20H23ClN6.C5H10O2/c1-13-11-25(3-2-22-13)19-5-18-15(4-17(19)21)9-24-27(18)16-10-23-26(12-16)20-6-14(7-20)8-20;1-4-2-7-3-5(4)6/h4-5,9-10,12-14,22H,2-3,6-8,11H2,1H3;4-6H,2-3H2,1H3. The van der Waals surface area contributed by atoms with Crippen LogP contribution < -0.4 is 10.2 Å². The van der Waals surface area contributed by atoms with Gasteiger partial charge in [-0.3, -0.25) is 4.68 Å². The first-order valence-electron chi connectivity index (χ1n) is 12.4. The Morgan fingerprint density at radius 2 is 1.97 bits per heavy atom. The molecule has 4 heterocycles. The third-order valence-corrected chi connectivity index (χ3v) is 8.28. The van der Waals surface area contributed by atoms with Gasteiger partial charge in [-0.1, -0.05) is 18.5 Å². The number of fused-ring (bicyclic) bond motifs is 1. The van der Waals surface area contributed by atoms with Gasteiger partial charge in [0.05, 0.1) is 59.7 Å². The van der Waals surface area contributed by atoms with Crippen LogP contribution in [-0.4, -0.2) is 69.7 Å². The third-order valence-electron chi connectivity index (χ3n) is 7.98. The summed E-state index contributed by atoms with van der Waals surface area (Å²) in [5.41, 5.74) is 3.50. The Labute approximate surface area is 204 Å². The van der Waals surface area contributed by atoms with E-state index in [0.717, 1.165) is 59.5 Å². The van der Waals surface area contributed by atoms with E-state index in [0.29, 0.717) is 24.1 Å². The Morgan fingerprint density at radius 3 is 2.59 bits per heavy atom. The smallest absolute Gasteiger partial charge is 0.103 e. The average Bonchev–Trinajstić information content (AvgIpc) is 3.46. The van der Waals surface area contributed by atoms with E-state index in [1.165, 1.54) is 19.3 Å². The molecule has 8 nitrogen and oxygen atoms in total. The van der Waals surface area contributed by atoms with Crippen molar-refractivity contribution < 1.29 is 9.84 Å². The average molecular weight is 485 g/mol. The summed E-state index contributed by atoms with van der Waals surface area (Å²) in [6.45, 7) is 8.35. The Balaban J connectivity index is 0.000000269. The molecule has 0 amide bonds. The van der Waals surface area contributed by atoms with Crippen molar-refractivity contribution in [2.75, 3.05) is 37.7 Å². The Hall–Kier alpha value is -2.13. The predicted molar refractivity (Wildman–Crippen MR) is 133 cm³/mol. The first kappa shape index (κ1) is 22.3. The van der Waals surface area contributed by atoms with Gasteiger partial charge >= 0.3 is 0 Å². The van der Waals surface area contributed by atoms with E-state index < -0.39 is 0 Å². The normalized spacial score (nSPS) is 32.2. The zero-order valence-electron chi connectivity index (χ0n) is 19.8. The van der Waals surface area contributed by atoms with E-state index in [2.05, 4.69) is 44.3 Å². The number of hydrogen-bond acceptors (Lipinski definition) is 6. The molecule has 34 heavy (non-hydrogen) atoms. The van der Waals surface area contributed by atoms with Gasteiger partial charge in [0.1, 0.15) is 5.69 Å². The number of aliphatic hydroxyl groups excluding tert-OH is 1. The SMILES string of the molecule is CC1CN(c2cc3c(cnn3-c3cnn(C45CC(C4)C5)c3)cc2Cl)CCN1.CC1COCC1O. The minimum absolute atomic E-state index is 0.208. The van der Waals surface area contributed by atoms with Crippen LogP contribution in [0.25, 0.3) is 16.6 Å². The fourth-order valence-electron chi connectivity index (χ4n) is 5.68. The molecule has 3 unspecified atom stereocenters. The molecule has 2 bridgehead atoms. The predicted octanol–water partition coefficient (Wildman–Crippen LogP) is 3.20. The molecule has 3 aromatic rings. The highest BCUT2D eigenvalue weighted by atomic mass is 35.5. The topological polar surface area (TPSA) is 80.4 Å². The van der Waals surface area contributed by atoms with Gasteiger partial charge in [-0.2, -0.15) is 10.2 Å². The number of rotatable bonds is 3. The number of anilines is 1. The van der Waals surface area contributed by atoms with Gasteiger partial charge in [-0.15, -0.1) is 0 Å². The second-order valence-corrected chi connectivity index (χ2v) is 11.1. The molecule has 3 aliphatic carbocycles. The van der Waals surface area contributed by atoms with Crippen LogP contribution in [0.2, 0.25) is 5.02 Å². The lowest BCUT2D eigenvalue weighted by Crippen LogP contribution is -2.59. The molecule has 8 rings (SSSR count). The monoisotopic (exact) mass is 484 g/mol. The Kier molecular flexibility index (Phi) is 5.60. The summed E-state index contributed by atoms with van der Waals surface area (Å²) >= 11 is 6.62. The zero-order chi connectivity index (χ0) is 23.4. The van der Waals surface area contributed by atoms with Crippen LogP contribution in [0.5, 0.6) is 0 Å². The molecule has 5 fully saturated rings. The van der Waals surface area contributed by atoms with Crippen molar-refractivity contribution in [1.29, 1.82) is 0 Å². The number of nitrogens with zero attached hydrogens (tertiary/aromatic N) is 5. The number of aliphatic hydroxyl groups is 1. The van der Waals surface area contributed by atoms with E-state index in [1.54, 1.807) is 0 Å². The lowest BCUT2D eigenvalue weighted by molar-refractivity contribution is -0.0977. The number of benzene rings is 1. The molecule has 9 heteroatoms. The Bertz CT molecular complexity index is 1170. The first-order chi connectivity index (χ1) is 16.4. The third kappa shape index (κ3) is 3.81. The van der Waals surface area contributed by atoms with Crippen LogP contribution in [0.15, 0.2) is 30.7 Å². The molecule has 0 radical (unpaired) electrons. The molecular formula is C25H33ClN6O2. The van der Waals surface area contributed by atoms with Crippen molar-refractivity contribution >= 4 is 28.2 Å². The van der Waals surface area contributed by atoms with E-state index in [9.17, 15) is 0 Å². The molecule has 2 aromatic heterocycles. The summed E-state index contributed by atoms with van der Waals surface area (Å²) in [6, 6.07) is 4.68. The van der Waals surface area contributed by atoms with Crippen LogP contribution >= 0.6 is 11.6 Å². The lowest BCUT2D eigenvalue weighted by atomic mass is 9.50. The number of ether oxygens (including phenoxy) is 1. The maximum Gasteiger partial charge on any atom is 0.103 e. The van der Waals surface area contributed by atoms with Crippen molar-refractivity contribution in [3.8, 4) is 5.69 Å². The van der Waals surface area contributed by atoms with Crippen LogP contribution in [0.4, 0.5) is 5.69 Å². The molecular weight excluding hydrogens is 452 g/mol. The van der Waals surface area contributed by atoms with Gasteiger partial charge in [0, 0.05) is 37.0 Å². The quantitative estimate of drug-likeness (QED) is 0.594. The molecule has 5 aliphatic rings. The molecule has 2 N–H and O–H groups in total. The largest absolute Gasteiger partial charge is 0.390 e. The van der Waals surface area contributed by atoms with Crippen molar-refractivity contribution in [3.63, 3.8) is 0 Å². The number of aromatic nitrogens is 4. The van der Waals surface area contributed by atoms with Crippen LogP contribution in [0, 0.1) is 11.8 Å². The van der Waals surface area contributed by atoms with Gasteiger partial charge in [0.2, 0.25) is 0 Å². The van der Waals surface area contributed by atoms with Gasteiger partial charge < -0.3 is 20.1 Å². The first-order valence-corrected chi connectivity index (χ1v) is 12.8. The maximum atomic E-state index is 8.87. The van der Waals surface area contributed by atoms with Gasteiger partial charge in [0.15, 0.2) is 0 Å². The minimum atomic E-state index is -0.208. The van der Waals surface area contributed by atoms with Gasteiger partial charge in [-0.25, -0.2) is 4.68 Å². The minimum Gasteiger partial charge on any atom is -0.390 e. The highest BCUT2D eigenvalue weighted by Crippen LogP contribution is 2.62. The van der Waals surface area contributed by atoms with E-state index in [-0.39, 0.29) is 6.10 Å². The fraction of sp³-hybridized carbons (Fsp3) is 0.600. The van der Waals surface area contributed by atoms with E-state index in [1.807, 2.05) is 30.1 Å². The summed E-state index contributed by atoms with van der Waals surface area (Å²) in [5.74, 6) is 1.29. The number of hydrogen-bond donors (Lipinski definition) is 2. The summed E-state index contributed by atoms with van der Waals surface area (Å²) in [6.07, 6.45) is 9.64. The second kappa shape index (κ2) is 8.52. The summed E-state index contributed by atoms with van der Waals surface area (Å²) in [5, 5.41) is 23.5. The molecule has 3 atom stereocenters. The van der Waals surface area contributed by atoms with Crippen molar-refractivity contribution in [2.24, 2.45) is 11.8 Å². The fourth-order valence-corrected chi connectivity index (χ4v) is 5.97. The van der Waals surface area contributed by atoms with Crippen LogP contribution in [-0.2, 0) is 10.3 Å². The molecule has 182 valence electrons. The number of nitrogens with one attached hydrogen (secondary N) is 1. The van der Waals surface area contributed by atoms with Gasteiger partial charge in [0.25, 0.3) is 0 Å². The van der Waals surface area contributed by atoms with Gasteiger partial charge in [-0.05, 0) is 44.2 Å². The van der Waals surface area contributed by atoms with Crippen molar-refractivity contribution in [1.82, 2.24) is 24.9 Å². The second-order valence-electron chi connectivity index (χ2n) is 10.6. The van der Waals surface area contributed by atoms with Crippen LogP contribution in [0.3, 0.4) is 0 Å². The molecule has 2 saturated heterocycles. The summed E-state index contributed by atoms with van der Waals surface area (Å²) in [7, 11) is 0. The molecule has 3 saturated carbocycles. The highest BCUT2D eigenvalue weighted by Gasteiger charge is 2.58. The molecule has 0 spiro atoms. The summed E-state index contributed by atoms with van der Waals surface area (Å²) < 4.78 is 9.09. The number of halogens is 1. The Morgan fingerprint density at radius 1 is 1.15 bits per heavy atom. The maximum absolute atomic E-state index is 8.87. The van der Waals surface area contributed by atoms with Crippen molar-refractivity contribution in [3.05, 3.63) is 35.7 Å². The molecule has 1 aromatic carbocycles. The van der Waals surface area contributed by atoms with Crippen LogP contribution in [0.1, 0.15) is 33.1 Å². The van der Waals surface area contributed by atoms with E-state index >= 15 is 0 Å². The number of piperazine rings is 1. The van der Waals surface area contributed by atoms with E-state index in [4.69, 9.17) is 21.4 Å².